The number of carbonyl (C=O) groups excluding carboxylic acids is 3. The highest BCUT2D eigenvalue weighted by Gasteiger charge is 2.54. The SMILES string of the molecule is N[C@H](Cc1cccnc1)C(=O)N1CCC2(CC1)C(=O)N(CC(=O)NC1CCCCC1)CN2c1ccccc1. The van der Waals surface area contributed by atoms with Gasteiger partial charge in [-0.05, 0) is 55.9 Å². The fourth-order valence-corrected chi connectivity index (χ4v) is 6.21. The summed E-state index contributed by atoms with van der Waals surface area (Å²) in [5, 5.41) is 3.14. The van der Waals surface area contributed by atoms with Crippen molar-refractivity contribution in [2.24, 2.45) is 5.73 Å². The zero-order chi connectivity index (χ0) is 26.5. The first-order valence-corrected chi connectivity index (χ1v) is 13.8. The number of carbonyl (C=O) groups is 3. The molecule has 1 aromatic heterocycles. The minimum atomic E-state index is -0.781. The number of nitrogens with two attached hydrogens (primary N) is 1. The lowest BCUT2D eigenvalue weighted by atomic mass is 9.85. The second-order valence-electron chi connectivity index (χ2n) is 10.8. The summed E-state index contributed by atoms with van der Waals surface area (Å²) < 4.78 is 0. The van der Waals surface area contributed by atoms with Crippen LogP contribution >= 0.6 is 0 Å². The molecule has 3 aliphatic rings. The summed E-state index contributed by atoms with van der Waals surface area (Å²) in [6.07, 6.45) is 10.3. The Hall–Kier alpha value is -3.46. The van der Waals surface area contributed by atoms with Gasteiger partial charge in [0.1, 0.15) is 12.1 Å². The number of amides is 3. The van der Waals surface area contributed by atoms with E-state index in [2.05, 4.69) is 15.2 Å². The van der Waals surface area contributed by atoms with Crippen LogP contribution in [0.1, 0.15) is 50.5 Å². The highest BCUT2D eigenvalue weighted by molar-refractivity contribution is 5.96. The van der Waals surface area contributed by atoms with Crippen LogP contribution in [-0.2, 0) is 20.8 Å². The van der Waals surface area contributed by atoms with Crippen molar-refractivity contribution in [2.75, 3.05) is 31.2 Å². The molecule has 0 bridgehead atoms. The van der Waals surface area contributed by atoms with E-state index in [0.717, 1.165) is 36.9 Å². The van der Waals surface area contributed by atoms with Gasteiger partial charge in [0.2, 0.25) is 11.8 Å². The molecule has 3 N–H and O–H groups in total. The maximum Gasteiger partial charge on any atom is 0.250 e. The number of para-hydroxylation sites is 1. The quantitative estimate of drug-likeness (QED) is 0.581. The standard InChI is InChI=1S/C29H38N6O3/c30-25(18-22-8-7-15-31-19-22)27(37)33-16-13-29(14-17-33)28(38)34(21-35(29)24-11-5-2-6-12-24)20-26(36)32-23-9-3-1-4-10-23/h2,5-8,11-12,15,19,23,25H,1,3-4,9-10,13-14,16-18,20-21,30H2,(H,32,36)/t25-/m1/s1. The number of nitrogens with one attached hydrogen (secondary N) is 1. The fourth-order valence-electron chi connectivity index (χ4n) is 6.21. The zero-order valence-electron chi connectivity index (χ0n) is 21.9. The number of hydrogen-bond acceptors (Lipinski definition) is 6. The molecule has 3 amide bonds. The van der Waals surface area contributed by atoms with Crippen LogP contribution in [0.2, 0.25) is 0 Å². The lowest BCUT2D eigenvalue weighted by Crippen LogP contribution is -2.59. The Morgan fingerprint density at radius 3 is 2.47 bits per heavy atom. The third kappa shape index (κ3) is 5.53. The van der Waals surface area contributed by atoms with Crippen molar-refractivity contribution in [3.63, 3.8) is 0 Å². The van der Waals surface area contributed by atoms with Crippen molar-refractivity contribution in [3.8, 4) is 0 Å². The molecule has 9 heteroatoms. The van der Waals surface area contributed by atoms with Crippen molar-refractivity contribution in [1.29, 1.82) is 0 Å². The second-order valence-corrected chi connectivity index (χ2v) is 10.8. The van der Waals surface area contributed by atoms with Gasteiger partial charge in [-0.3, -0.25) is 19.4 Å². The van der Waals surface area contributed by atoms with Gasteiger partial charge in [0.05, 0.1) is 12.7 Å². The van der Waals surface area contributed by atoms with Gasteiger partial charge in [-0.25, -0.2) is 0 Å². The van der Waals surface area contributed by atoms with E-state index in [1.165, 1.54) is 6.42 Å². The molecule has 0 unspecified atom stereocenters. The average molecular weight is 519 g/mol. The van der Waals surface area contributed by atoms with Crippen LogP contribution in [0, 0.1) is 0 Å². The minimum Gasteiger partial charge on any atom is -0.352 e. The van der Waals surface area contributed by atoms with E-state index in [1.54, 1.807) is 22.2 Å². The Kier molecular flexibility index (Phi) is 7.93. The molecule has 1 aliphatic carbocycles. The Morgan fingerprint density at radius 1 is 1.05 bits per heavy atom. The van der Waals surface area contributed by atoms with Gasteiger partial charge in [-0.2, -0.15) is 0 Å². The molecule has 1 spiro atoms. The third-order valence-electron chi connectivity index (χ3n) is 8.28. The van der Waals surface area contributed by atoms with Crippen LogP contribution in [0.15, 0.2) is 54.9 Å². The number of aromatic nitrogens is 1. The van der Waals surface area contributed by atoms with Crippen LogP contribution in [0.25, 0.3) is 0 Å². The van der Waals surface area contributed by atoms with Crippen molar-refractivity contribution in [2.45, 2.75) is 69.0 Å². The predicted octanol–water partition coefficient (Wildman–Crippen LogP) is 2.07. The molecule has 2 saturated heterocycles. The first kappa shape index (κ1) is 26.2. The molecule has 3 heterocycles. The lowest BCUT2D eigenvalue weighted by molar-refractivity contribution is -0.140. The van der Waals surface area contributed by atoms with Gasteiger partial charge >= 0.3 is 0 Å². The Labute approximate surface area is 224 Å². The van der Waals surface area contributed by atoms with Crippen LogP contribution < -0.4 is 16.0 Å². The van der Waals surface area contributed by atoms with Crippen molar-refractivity contribution in [3.05, 3.63) is 60.4 Å². The van der Waals surface area contributed by atoms with E-state index >= 15 is 0 Å². The summed E-state index contributed by atoms with van der Waals surface area (Å²) in [6, 6.07) is 13.2. The molecule has 2 aromatic rings. The Morgan fingerprint density at radius 2 is 1.79 bits per heavy atom. The topological polar surface area (TPSA) is 112 Å². The average Bonchev–Trinajstić information content (AvgIpc) is 3.20. The molecule has 0 radical (unpaired) electrons. The summed E-state index contributed by atoms with van der Waals surface area (Å²) in [7, 11) is 0. The molecule has 3 fully saturated rings. The van der Waals surface area contributed by atoms with Crippen molar-refractivity contribution >= 4 is 23.4 Å². The maximum absolute atomic E-state index is 13.9. The first-order chi connectivity index (χ1) is 18.5. The van der Waals surface area contributed by atoms with Gasteiger partial charge in [-0.15, -0.1) is 0 Å². The van der Waals surface area contributed by atoms with Crippen molar-refractivity contribution in [1.82, 2.24) is 20.1 Å². The highest BCUT2D eigenvalue weighted by Crippen LogP contribution is 2.39. The highest BCUT2D eigenvalue weighted by atomic mass is 16.2. The number of hydrogen-bond donors (Lipinski definition) is 2. The molecule has 2 aliphatic heterocycles. The van der Waals surface area contributed by atoms with Crippen LogP contribution in [0.4, 0.5) is 5.69 Å². The summed E-state index contributed by atoms with van der Waals surface area (Å²) in [5.41, 5.74) is 7.36. The molecule has 1 atom stereocenters. The number of nitrogens with zero attached hydrogens (tertiary/aromatic N) is 4. The Balaban J connectivity index is 1.27. The molecule has 1 aromatic carbocycles. The van der Waals surface area contributed by atoms with E-state index in [9.17, 15) is 14.4 Å². The number of piperidine rings is 1. The number of benzene rings is 1. The molecule has 9 nitrogen and oxygen atoms in total. The molecule has 38 heavy (non-hydrogen) atoms. The molecule has 202 valence electrons. The normalized spacial score (nSPS) is 20.6. The monoisotopic (exact) mass is 518 g/mol. The Bertz CT molecular complexity index is 1110. The van der Waals surface area contributed by atoms with E-state index in [4.69, 9.17) is 5.73 Å². The van der Waals surface area contributed by atoms with Gasteiger partial charge in [0, 0.05) is 37.2 Å². The van der Waals surface area contributed by atoms with Crippen molar-refractivity contribution < 1.29 is 14.4 Å². The number of rotatable bonds is 7. The van der Waals surface area contributed by atoms with Crippen LogP contribution in [0.5, 0.6) is 0 Å². The second kappa shape index (κ2) is 11.5. The molecule has 1 saturated carbocycles. The predicted molar refractivity (Wildman–Crippen MR) is 145 cm³/mol. The minimum absolute atomic E-state index is 0.0353. The number of anilines is 1. The van der Waals surface area contributed by atoms with Gasteiger partial charge < -0.3 is 25.8 Å². The summed E-state index contributed by atoms with van der Waals surface area (Å²) in [4.78, 5) is 49.7. The smallest absolute Gasteiger partial charge is 0.250 e. The third-order valence-corrected chi connectivity index (χ3v) is 8.28. The summed E-state index contributed by atoms with van der Waals surface area (Å²) >= 11 is 0. The molecular weight excluding hydrogens is 480 g/mol. The van der Waals surface area contributed by atoms with E-state index in [-0.39, 0.29) is 30.3 Å². The summed E-state index contributed by atoms with van der Waals surface area (Å²) in [6.45, 7) is 1.29. The zero-order valence-corrected chi connectivity index (χ0v) is 21.9. The van der Waals surface area contributed by atoms with E-state index in [1.807, 2.05) is 42.5 Å². The first-order valence-electron chi connectivity index (χ1n) is 13.8. The van der Waals surface area contributed by atoms with E-state index < -0.39 is 11.6 Å². The maximum atomic E-state index is 13.9. The van der Waals surface area contributed by atoms with Crippen LogP contribution in [-0.4, -0.2) is 76.4 Å². The lowest BCUT2D eigenvalue weighted by Gasteiger charge is -2.43. The summed E-state index contributed by atoms with van der Waals surface area (Å²) in [5.74, 6) is -0.236. The van der Waals surface area contributed by atoms with Gasteiger partial charge in [0.25, 0.3) is 5.91 Å². The van der Waals surface area contributed by atoms with E-state index in [0.29, 0.717) is 39.0 Å². The molecule has 5 rings (SSSR count). The number of likely N-dealkylation sites (tertiary alicyclic amines) is 1. The fraction of sp³-hybridized carbons (Fsp3) is 0.517. The van der Waals surface area contributed by atoms with Gasteiger partial charge in [-0.1, -0.05) is 43.5 Å². The van der Waals surface area contributed by atoms with Gasteiger partial charge in [0.15, 0.2) is 0 Å². The number of pyridine rings is 1. The van der Waals surface area contributed by atoms with Crippen LogP contribution in [0.3, 0.4) is 0 Å². The molecular formula is C29H38N6O3. The largest absolute Gasteiger partial charge is 0.352 e.